The molecule has 0 saturated carbocycles. The van der Waals surface area contributed by atoms with Gasteiger partial charge >= 0.3 is 0 Å². The van der Waals surface area contributed by atoms with Crippen molar-refractivity contribution in [3.05, 3.63) is 105 Å². The van der Waals surface area contributed by atoms with Crippen LogP contribution < -0.4 is 4.80 Å². The molecule has 150 valence electrons. The molecule has 0 bridgehead atoms. The second kappa shape index (κ2) is 9.24. The Morgan fingerprint density at radius 1 is 0.933 bits per heavy atom. The molecule has 3 aromatic carbocycles. The molecule has 0 aliphatic carbocycles. The molecule has 0 atom stereocenters. The van der Waals surface area contributed by atoms with Crippen molar-refractivity contribution in [2.75, 3.05) is 0 Å². The Balaban J connectivity index is 1.79. The van der Waals surface area contributed by atoms with Crippen molar-refractivity contribution in [3.8, 4) is 11.3 Å². The summed E-state index contributed by atoms with van der Waals surface area (Å²) >= 11 is 7.58. The van der Waals surface area contributed by atoms with Crippen LogP contribution in [0.25, 0.3) is 11.3 Å². The maximum absolute atomic E-state index is 6.01. The van der Waals surface area contributed by atoms with Crippen molar-refractivity contribution in [3.63, 3.8) is 0 Å². The van der Waals surface area contributed by atoms with Gasteiger partial charge in [0.25, 0.3) is 0 Å². The molecule has 5 heteroatoms. The van der Waals surface area contributed by atoms with Crippen LogP contribution in [0.5, 0.6) is 0 Å². The number of rotatable bonds is 5. The molecule has 0 fully saturated rings. The van der Waals surface area contributed by atoms with Crippen molar-refractivity contribution < 1.29 is 0 Å². The second-order valence-electron chi connectivity index (χ2n) is 7.01. The summed E-state index contributed by atoms with van der Waals surface area (Å²) in [5.74, 6) is 0. The Morgan fingerprint density at radius 3 is 2.30 bits per heavy atom. The van der Waals surface area contributed by atoms with Crippen LogP contribution >= 0.6 is 22.9 Å². The zero-order chi connectivity index (χ0) is 20.9. The molecule has 30 heavy (non-hydrogen) atoms. The van der Waals surface area contributed by atoms with Gasteiger partial charge in [0.2, 0.25) is 4.80 Å². The highest BCUT2D eigenvalue weighted by molar-refractivity contribution is 7.07. The third kappa shape index (κ3) is 4.78. The molecule has 0 unspecified atom stereocenters. The van der Waals surface area contributed by atoms with Gasteiger partial charge < -0.3 is 0 Å². The van der Waals surface area contributed by atoms with Gasteiger partial charge in [-0.15, -0.1) is 11.3 Å². The summed E-state index contributed by atoms with van der Waals surface area (Å²) in [6.45, 7) is 4.24. The normalized spacial score (nSPS) is 12.0. The lowest BCUT2D eigenvalue weighted by Gasteiger charge is -2.04. The zero-order valence-electron chi connectivity index (χ0n) is 16.9. The van der Waals surface area contributed by atoms with Gasteiger partial charge in [0.15, 0.2) is 0 Å². The Hall–Kier alpha value is -2.95. The first-order valence-electron chi connectivity index (χ1n) is 9.83. The molecular weight excluding hydrogens is 410 g/mol. The number of hydrogen-bond donors (Lipinski definition) is 0. The molecule has 0 N–H and O–H groups in total. The van der Waals surface area contributed by atoms with Gasteiger partial charge in [-0.1, -0.05) is 72.6 Å². The van der Waals surface area contributed by atoms with E-state index in [2.05, 4.69) is 67.8 Å². The average Bonchev–Trinajstić information content (AvgIpc) is 3.17. The standard InChI is InChI=1S/C25H22ClN3S/c1-3-19-6-8-20(9-7-19)16-27-29-24(21-10-4-18(2)5-11-21)17-30-25(29)28-23-14-12-22(26)13-15-23/h4-17H,3H2,1-2H3/b27-16-,28-25?. The smallest absolute Gasteiger partial charge is 0.211 e. The van der Waals surface area contributed by atoms with E-state index in [1.807, 2.05) is 35.2 Å². The van der Waals surface area contributed by atoms with Crippen molar-refractivity contribution in [2.24, 2.45) is 10.1 Å². The fraction of sp³-hybridized carbons (Fsp3) is 0.120. The van der Waals surface area contributed by atoms with Gasteiger partial charge in [-0.25, -0.2) is 9.67 Å². The zero-order valence-corrected chi connectivity index (χ0v) is 18.5. The topological polar surface area (TPSA) is 29.6 Å². The molecule has 0 aliphatic heterocycles. The number of halogens is 1. The van der Waals surface area contributed by atoms with Crippen LogP contribution in [0.3, 0.4) is 0 Å². The molecule has 1 heterocycles. The van der Waals surface area contributed by atoms with E-state index in [0.29, 0.717) is 5.02 Å². The van der Waals surface area contributed by atoms with Gasteiger partial charge in [0.05, 0.1) is 17.6 Å². The fourth-order valence-corrected chi connectivity index (χ4v) is 3.98. The van der Waals surface area contributed by atoms with Crippen LogP contribution in [0.2, 0.25) is 5.02 Å². The highest BCUT2D eigenvalue weighted by atomic mass is 35.5. The summed E-state index contributed by atoms with van der Waals surface area (Å²) in [5, 5.41) is 7.58. The number of hydrogen-bond acceptors (Lipinski definition) is 3. The van der Waals surface area contributed by atoms with Crippen LogP contribution in [0.15, 0.2) is 88.3 Å². The number of aryl methyl sites for hydroxylation is 2. The predicted molar refractivity (Wildman–Crippen MR) is 128 cm³/mol. The number of aromatic nitrogens is 1. The first-order chi connectivity index (χ1) is 14.6. The number of thiazole rings is 1. The monoisotopic (exact) mass is 431 g/mol. The minimum absolute atomic E-state index is 0.696. The number of benzene rings is 3. The summed E-state index contributed by atoms with van der Waals surface area (Å²) in [6.07, 6.45) is 2.91. The maximum Gasteiger partial charge on any atom is 0.211 e. The van der Waals surface area contributed by atoms with Gasteiger partial charge in [-0.3, -0.25) is 0 Å². The molecule has 4 aromatic rings. The molecule has 4 rings (SSSR count). The van der Waals surface area contributed by atoms with Crippen LogP contribution in [0.4, 0.5) is 5.69 Å². The highest BCUT2D eigenvalue weighted by Crippen LogP contribution is 2.22. The van der Waals surface area contributed by atoms with E-state index in [0.717, 1.165) is 33.7 Å². The first kappa shape index (κ1) is 20.3. The molecule has 0 saturated heterocycles. The minimum Gasteiger partial charge on any atom is -0.220 e. The van der Waals surface area contributed by atoms with Crippen molar-refractivity contribution >= 4 is 34.8 Å². The van der Waals surface area contributed by atoms with Crippen LogP contribution in [-0.2, 0) is 6.42 Å². The predicted octanol–water partition coefficient (Wildman–Crippen LogP) is 6.86. The molecule has 0 spiro atoms. The summed E-state index contributed by atoms with van der Waals surface area (Å²) in [5.41, 5.74) is 6.55. The van der Waals surface area contributed by atoms with Gasteiger partial charge in [0, 0.05) is 16.0 Å². The lowest BCUT2D eigenvalue weighted by atomic mass is 10.1. The van der Waals surface area contributed by atoms with Gasteiger partial charge in [-0.05, 0) is 48.7 Å². The van der Waals surface area contributed by atoms with E-state index >= 15 is 0 Å². The van der Waals surface area contributed by atoms with Crippen LogP contribution in [0.1, 0.15) is 23.6 Å². The first-order valence-corrected chi connectivity index (χ1v) is 11.1. The van der Waals surface area contributed by atoms with Crippen molar-refractivity contribution in [1.29, 1.82) is 0 Å². The average molecular weight is 432 g/mol. The molecular formula is C25H22ClN3S. The third-order valence-corrected chi connectivity index (χ3v) is 5.86. The Labute approximate surface area is 185 Å². The summed E-state index contributed by atoms with van der Waals surface area (Å²) in [6, 6.07) is 24.4. The lowest BCUT2D eigenvalue weighted by molar-refractivity contribution is 0.854. The molecule has 0 aliphatic rings. The maximum atomic E-state index is 6.01. The van der Waals surface area contributed by atoms with E-state index in [1.165, 1.54) is 11.1 Å². The molecule has 3 nitrogen and oxygen atoms in total. The summed E-state index contributed by atoms with van der Waals surface area (Å²) in [7, 11) is 0. The largest absolute Gasteiger partial charge is 0.220 e. The Bertz CT molecular complexity index is 1220. The molecule has 1 aromatic heterocycles. The van der Waals surface area contributed by atoms with E-state index in [-0.39, 0.29) is 0 Å². The van der Waals surface area contributed by atoms with Crippen LogP contribution in [-0.4, -0.2) is 10.9 Å². The molecule has 0 radical (unpaired) electrons. The SMILES string of the molecule is CCc1ccc(/C=N\n2c(-c3ccc(C)cc3)csc2=Nc2ccc(Cl)cc2)cc1. The van der Waals surface area contributed by atoms with E-state index < -0.39 is 0 Å². The van der Waals surface area contributed by atoms with Crippen molar-refractivity contribution in [2.45, 2.75) is 20.3 Å². The van der Waals surface area contributed by atoms with Crippen LogP contribution in [0, 0.1) is 6.92 Å². The van der Waals surface area contributed by atoms with Gasteiger partial charge in [-0.2, -0.15) is 5.10 Å². The molecule has 0 amide bonds. The van der Waals surface area contributed by atoms with Gasteiger partial charge in [0.1, 0.15) is 0 Å². The highest BCUT2D eigenvalue weighted by Gasteiger charge is 2.08. The third-order valence-electron chi connectivity index (χ3n) is 4.79. The lowest BCUT2D eigenvalue weighted by Crippen LogP contribution is -2.11. The van der Waals surface area contributed by atoms with E-state index in [4.69, 9.17) is 21.7 Å². The quantitative estimate of drug-likeness (QED) is 0.309. The fourth-order valence-electron chi connectivity index (χ4n) is 3.00. The Morgan fingerprint density at radius 2 is 1.63 bits per heavy atom. The van der Waals surface area contributed by atoms with Crippen molar-refractivity contribution in [1.82, 2.24) is 4.68 Å². The second-order valence-corrected chi connectivity index (χ2v) is 8.28. The minimum atomic E-state index is 0.696. The summed E-state index contributed by atoms with van der Waals surface area (Å²) in [4.78, 5) is 5.59. The summed E-state index contributed by atoms with van der Waals surface area (Å²) < 4.78 is 1.90. The Kier molecular flexibility index (Phi) is 6.26. The van der Waals surface area contributed by atoms with E-state index in [1.54, 1.807) is 11.3 Å². The number of nitrogens with zero attached hydrogens (tertiary/aromatic N) is 3. The van der Waals surface area contributed by atoms with E-state index in [9.17, 15) is 0 Å².